The highest BCUT2D eigenvalue weighted by atomic mass is 35.5. The van der Waals surface area contributed by atoms with E-state index in [4.69, 9.17) is 21.1 Å². The summed E-state index contributed by atoms with van der Waals surface area (Å²) in [5.41, 5.74) is 0.363. The molecule has 6 heteroatoms. The maximum Gasteiger partial charge on any atom is 0.251 e. The Morgan fingerprint density at radius 2 is 2.24 bits per heavy atom. The van der Waals surface area contributed by atoms with E-state index in [1.807, 2.05) is 13.8 Å². The summed E-state index contributed by atoms with van der Waals surface area (Å²) in [5, 5.41) is 3.19. The molecule has 2 rings (SSSR count). The fourth-order valence-electron chi connectivity index (χ4n) is 2.19. The van der Waals surface area contributed by atoms with Gasteiger partial charge in [0.2, 0.25) is 0 Å². The Hall–Kier alpha value is -1.17. The first-order chi connectivity index (χ1) is 9.90. The molecular formula is C15H19ClFNO3. The average molecular weight is 316 g/mol. The summed E-state index contributed by atoms with van der Waals surface area (Å²) in [6, 6.07) is 4.28. The summed E-state index contributed by atoms with van der Waals surface area (Å²) < 4.78 is 23.6. The van der Waals surface area contributed by atoms with E-state index in [-0.39, 0.29) is 18.3 Å². The fourth-order valence-corrected chi connectivity index (χ4v) is 2.62. The van der Waals surface area contributed by atoms with Crippen molar-refractivity contribution in [1.29, 1.82) is 0 Å². The molecule has 116 valence electrons. The molecule has 1 N–H and O–H groups in total. The minimum absolute atomic E-state index is 0.207. The maximum absolute atomic E-state index is 13.1. The molecule has 1 aromatic carbocycles. The number of carbonyl (C=O) groups excluding carboxylic acids is 1. The summed E-state index contributed by atoms with van der Waals surface area (Å²) in [6.07, 6.45) is -0.571. The first kappa shape index (κ1) is 16.2. The summed E-state index contributed by atoms with van der Waals surface area (Å²) in [5.74, 6) is -0.586. The van der Waals surface area contributed by atoms with Crippen molar-refractivity contribution < 1.29 is 18.7 Å². The second-order valence-corrected chi connectivity index (χ2v) is 6.07. The Morgan fingerprint density at radius 3 is 2.86 bits per heavy atom. The van der Waals surface area contributed by atoms with Crippen LogP contribution in [0.1, 0.15) is 19.4 Å². The van der Waals surface area contributed by atoms with Gasteiger partial charge in [-0.15, -0.1) is 0 Å². The van der Waals surface area contributed by atoms with Crippen molar-refractivity contribution in [1.82, 2.24) is 5.32 Å². The number of benzene rings is 1. The van der Waals surface area contributed by atoms with Crippen LogP contribution in [0.3, 0.4) is 0 Å². The third-order valence-electron chi connectivity index (χ3n) is 3.47. The Morgan fingerprint density at radius 1 is 1.48 bits per heavy atom. The first-order valence-corrected chi connectivity index (χ1v) is 7.20. The second-order valence-electron chi connectivity index (χ2n) is 5.66. The number of carbonyl (C=O) groups is 1. The van der Waals surface area contributed by atoms with E-state index in [1.165, 1.54) is 12.1 Å². The van der Waals surface area contributed by atoms with E-state index < -0.39 is 11.5 Å². The highest BCUT2D eigenvalue weighted by Gasteiger charge is 2.27. The molecule has 0 radical (unpaired) electrons. The van der Waals surface area contributed by atoms with Gasteiger partial charge in [0.05, 0.1) is 19.8 Å². The monoisotopic (exact) mass is 315 g/mol. The van der Waals surface area contributed by atoms with E-state index >= 15 is 0 Å². The number of ether oxygens (including phenoxy) is 2. The normalized spacial score (nSPS) is 19.3. The molecule has 0 aromatic heterocycles. The molecule has 1 aliphatic rings. The Balaban J connectivity index is 1.98. The molecule has 21 heavy (non-hydrogen) atoms. The standard InChI is InChI=1S/C15H19ClFNO3/c1-15(2,11-4-3-10(17)7-12(11)16)9-18-14(19)13-8-20-5-6-21-13/h3-4,7,13H,5-6,8-9H2,1-2H3,(H,18,19). The lowest BCUT2D eigenvalue weighted by molar-refractivity contribution is -0.147. The third kappa shape index (κ3) is 4.15. The number of nitrogens with one attached hydrogen (secondary N) is 1. The van der Waals surface area contributed by atoms with Crippen LogP contribution in [0.2, 0.25) is 5.02 Å². The van der Waals surface area contributed by atoms with Gasteiger partial charge in [-0.1, -0.05) is 31.5 Å². The van der Waals surface area contributed by atoms with Gasteiger partial charge in [-0.2, -0.15) is 0 Å². The van der Waals surface area contributed by atoms with E-state index in [0.29, 0.717) is 24.8 Å². The highest BCUT2D eigenvalue weighted by Crippen LogP contribution is 2.29. The number of amides is 1. The predicted octanol–water partition coefficient (Wildman–Crippen LogP) is 2.29. The van der Waals surface area contributed by atoms with Crippen molar-refractivity contribution in [2.75, 3.05) is 26.4 Å². The molecule has 0 aliphatic carbocycles. The van der Waals surface area contributed by atoms with Crippen LogP contribution in [0.4, 0.5) is 4.39 Å². The molecule has 0 saturated carbocycles. The van der Waals surface area contributed by atoms with Crippen molar-refractivity contribution in [2.45, 2.75) is 25.4 Å². The zero-order valence-electron chi connectivity index (χ0n) is 12.1. The summed E-state index contributed by atoms with van der Waals surface area (Å²) in [7, 11) is 0. The van der Waals surface area contributed by atoms with Gasteiger partial charge in [0, 0.05) is 17.0 Å². The van der Waals surface area contributed by atoms with E-state index in [9.17, 15) is 9.18 Å². The van der Waals surface area contributed by atoms with Crippen LogP contribution in [0.25, 0.3) is 0 Å². The molecule has 1 aromatic rings. The molecule has 0 bridgehead atoms. The van der Waals surface area contributed by atoms with Gasteiger partial charge >= 0.3 is 0 Å². The van der Waals surface area contributed by atoms with Crippen molar-refractivity contribution >= 4 is 17.5 Å². The van der Waals surface area contributed by atoms with E-state index in [1.54, 1.807) is 6.07 Å². The number of hydrogen-bond donors (Lipinski definition) is 1. The van der Waals surface area contributed by atoms with Crippen LogP contribution < -0.4 is 5.32 Å². The van der Waals surface area contributed by atoms with Gasteiger partial charge in [0.15, 0.2) is 6.10 Å². The van der Waals surface area contributed by atoms with Gasteiger partial charge in [0.25, 0.3) is 5.91 Å². The maximum atomic E-state index is 13.1. The largest absolute Gasteiger partial charge is 0.376 e. The van der Waals surface area contributed by atoms with Crippen molar-refractivity contribution in [3.05, 3.63) is 34.6 Å². The zero-order valence-corrected chi connectivity index (χ0v) is 12.9. The quantitative estimate of drug-likeness (QED) is 0.927. The Kier molecular flexibility index (Phi) is 5.19. The van der Waals surface area contributed by atoms with Crippen LogP contribution in [-0.4, -0.2) is 38.4 Å². The van der Waals surface area contributed by atoms with Crippen molar-refractivity contribution in [3.8, 4) is 0 Å². The number of hydrogen-bond acceptors (Lipinski definition) is 3. The first-order valence-electron chi connectivity index (χ1n) is 6.83. The van der Waals surface area contributed by atoms with Crippen LogP contribution in [0, 0.1) is 5.82 Å². The van der Waals surface area contributed by atoms with Gasteiger partial charge in [-0.25, -0.2) is 4.39 Å². The molecule has 1 aliphatic heterocycles. The van der Waals surface area contributed by atoms with Crippen molar-refractivity contribution in [2.24, 2.45) is 0 Å². The van der Waals surface area contributed by atoms with Crippen LogP contribution in [0.5, 0.6) is 0 Å². The zero-order chi connectivity index (χ0) is 15.5. The van der Waals surface area contributed by atoms with Gasteiger partial charge in [-0.3, -0.25) is 4.79 Å². The topological polar surface area (TPSA) is 47.6 Å². The molecule has 1 heterocycles. The molecule has 1 atom stereocenters. The molecular weight excluding hydrogens is 297 g/mol. The molecule has 1 amide bonds. The van der Waals surface area contributed by atoms with Crippen LogP contribution in [-0.2, 0) is 19.7 Å². The summed E-state index contributed by atoms with van der Waals surface area (Å²) in [6.45, 7) is 5.45. The molecule has 1 saturated heterocycles. The summed E-state index contributed by atoms with van der Waals surface area (Å²) in [4.78, 5) is 12.0. The van der Waals surface area contributed by atoms with Crippen molar-refractivity contribution in [3.63, 3.8) is 0 Å². The minimum Gasteiger partial charge on any atom is -0.376 e. The van der Waals surface area contributed by atoms with Gasteiger partial charge in [0.1, 0.15) is 5.82 Å². The molecule has 4 nitrogen and oxygen atoms in total. The fraction of sp³-hybridized carbons (Fsp3) is 0.533. The van der Waals surface area contributed by atoms with E-state index in [0.717, 1.165) is 5.56 Å². The number of halogens is 2. The molecule has 0 spiro atoms. The van der Waals surface area contributed by atoms with Gasteiger partial charge < -0.3 is 14.8 Å². The lowest BCUT2D eigenvalue weighted by atomic mass is 9.84. The average Bonchev–Trinajstić information content (AvgIpc) is 2.45. The third-order valence-corrected chi connectivity index (χ3v) is 3.79. The summed E-state index contributed by atoms with van der Waals surface area (Å²) >= 11 is 6.08. The van der Waals surface area contributed by atoms with Gasteiger partial charge in [-0.05, 0) is 17.7 Å². The second kappa shape index (κ2) is 6.73. The predicted molar refractivity (Wildman–Crippen MR) is 78.0 cm³/mol. The SMILES string of the molecule is CC(C)(CNC(=O)C1COCCO1)c1ccc(F)cc1Cl. The Labute approximate surface area is 128 Å². The highest BCUT2D eigenvalue weighted by molar-refractivity contribution is 6.31. The molecule has 1 fully saturated rings. The Bertz CT molecular complexity index is 516. The van der Waals surface area contributed by atoms with E-state index in [2.05, 4.69) is 5.32 Å². The smallest absolute Gasteiger partial charge is 0.251 e. The van der Waals surface area contributed by atoms with Crippen LogP contribution >= 0.6 is 11.6 Å². The minimum atomic E-state index is -0.571. The number of rotatable bonds is 4. The lowest BCUT2D eigenvalue weighted by Gasteiger charge is -2.28. The molecule has 1 unspecified atom stereocenters. The van der Waals surface area contributed by atoms with Crippen LogP contribution in [0.15, 0.2) is 18.2 Å². The lowest BCUT2D eigenvalue weighted by Crippen LogP contribution is -2.46.